The van der Waals surface area contributed by atoms with Crippen molar-refractivity contribution in [2.45, 2.75) is 0 Å². The predicted octanol–water partition coefficient (Wildman–Crippen LogP) is 2.76. The second kappa shape index (κ2) is 11.5. The van der Waals surface area contributed by atoms with E-state index in [2.05, 4.69) is 0 Å². The van der Waals surface area contributed by atoms with Crippen LogP contribution in [0.1, 0.15) is 20.7 Å². The molecule has 0 fully saturated rings. The summed E-state index contributed by atoms with van der Waals surface area (Å²) in [6.45, 7) is 0. The summed E-state index contributed by atoms with van der Waals surface area (Å²) in [7, 11) is 0. The summed E-state index contributed by atoms with van der Waals surface area (Å²) in [5, 5.41) is 16.8. The monoisotopic (exact) mass is 372 g/mol. The van der Waals surface area contributed by atoms with Crippen molar-refractivity contribution in [3.63, 3.8) is 0 Å². The summed E-state index contributed by atoms with van der Waals surface area (Å²) in [6, 6.07) is 16.6. The molecule has 6 heteroatoms. The Labute approximate surface area is 142 Å². The third-order valence-electron chi connectivity index (χ3n) is 2.04. The van der Waals surface area contributed by atoms with E-state index in [4.69, 9.17) is 10.2 Å². The second-order valence-corrected chi connectivity index (χ2v) is 3.34. The minimum Gasteiger partial charge on any atom is -0.478 e. The van der Waals surface area contributed by atoms with Gasteiger partial charge in [0.25, 0.3) is 0 Å². The molecule has 0 heterocycles. The van der Waals surface area contributed by atoms with Crippen LogP contribution in [0.3, 0.4) is 0 Å². The Morgan fingerprint density at radius 1 is 0.600 bits per heavy atom. The molecule has 0 saturated heterocycles. The molecule has 2 aromatic carbocycles. The van der Waals surface area contributed by atoms with E-state index in [9.17, 15) is 9.59 Å². The summed E-state index contributed by atoms with van der Waals surface area (Å²) in [5.41, 5.74) is 0.662. The fraction of sp³-hybridized carbons (Fsp3) is 0. The quantitative estimate of drug-likeness (QED) is 0.792. The average molecular weight is 375 g/mol. The molecule has 0 aliphatic rings. The molecule has 2 rings (SSSR count). The normalized spacial score (nSPS) is 8.00. The minimum absolute atomic E-state index is 0. The molecule has 0 radical (unpaired) electrons. The van der Waals surface area contributed by atoms with Gasteiger partial charge in [-0.05, 0) is 24.3 Å². The number of hydrogen-bond donors (Lipinski definition) is 2. The van der Waals surface area contributed by atoms with Crippen LogP contribution in [-0.4, -0.2) is 22.2 Å². The number of rotatable bonds is 2. The number of carbonyl (C=O) groups is 2. The SMILES string of the molecule is O=C(O)c1ccccc1.O=C(O)c1ccccc1.[Zn].[Zn]. The molecule has 20 heavy (non-hydrogen) atoms. The van der Waals surface area contributed by atoms with Crippen LogP contribution in [0.2, 0.25) is 0 Å². The first-order valence-corrected chi connectivity index (χ1v) is 5.18. The molecule has 0 bridgehead atoms. The van der Waals surface area contributed by atoms with Gasteiger partial charge in [-0.15, -0.1) is 0 Å². The summed E-state index contributed by atoms with van der Waals surface area (Å²) in [6.07, 6.45) is 0. The van der Waals surface area contributed by atoms with Gasteiger partial charge in [0, 0.05) is 39.0 Å². The summed E-state index contributed by atoms with van der Waals surface area (Å²) < 4.78 is 0. The van der Waals surface area contributed by atoms with Crippen molar-refractivity contribution in [2.75, 3.05) is 0 Å². The number of carboxylic acids is 2. The Morgan fingerprint density at radius 2 is 0.850 bits per heavy atom. The fourth-order valence-corrected chi connectivity index (χ4v) is 1.16. The van der Waals surface area contributed by atoms with E-state index in [1.165, 1.54) is 0 Å². The first kappa shape index (κ1) is 20.9. The zero-order valence-electron chi connectivity index (χ0n) is 10.9. The van der Waals surface area contributed by atoms with Crippen molar-refractivity contribution in [1.29, 1.82) is 0 Å². The average Bonchev–Trinajstić information content (AvgIpc) is 2.41. The third-order valence-corrected chi connectivity index (χ3v) is 2.04. The molecule has 0 aliphatic heterocycles. The number of aromatic carboxylic acids is 2. The molecule has 0 aromatic heterocycles. The van der Waals surface area contributed by atoms with E-state index in [1.807, 2.05) is 0 Å². The second-order valence-electron chi connectivity index (χ2n) is 3.34. The molecule has 0 saturated carbocycles. The largest absolute Gasteiger partial charge is 0.478 e. The van der Waals surface area contributed by atoms with Crippen LogP contribution in [0.5, 0.6) is 0 Å². The van der Waals surface area contributed by atoms with Crippen molar-refractivity contribution in [1.82, 2.24) is 0 Å². The Balaban J connectivity index is 0. The molecular weight excluding hydrogens is 363 g/mol. The van der Waals surface area contributed by atoms with Crippen molar-refractivity contribution in [3.8, 4) is 0 Å². The van der Waals surface area contributed by atoms with Gasteiger partial charge < -0.3 is 10.2 Å². The maximum absolute atomic E-state index is 10.2. The summed E-state index contributed by atoms with van der Waals surface area (Å²) in [5.74, 6) is -1.76. The zero-order valence-corrected chi connectivity index (χ0v) is 16.8. The smallest absolute Gasteiger partial charge is 0.335 e. The number of carboxylic acid groups (broad SMARTS) is 2. The number of benzene rings is 2. The van der Waals surface area contributed by atoms with Crippen LogP contribution >= 0.6 is 0 Å². The molecule has 2 N–H and O–H groups in total. The molecule has 0 spiro atoms. The van der Waals surface area contributed by atoms with Gasteiger partial charge in [0.05, 0.1) is 11.1 Å². The molecule has 0 amide bonds. The van der Waals surface area contributed by atoms with Gasteiger partial charge in [-0.2, -0.15) is 0 Å². The van der Waals surface area contributed by atoms with Gasteiger partial charge in [-0.3, -0.25) is 0 Å². The first-order valence-electron chi connectivity index (χ1n) is 5.18. The van der Waals surface area contributed by atoms with E-state index >= 15 is 0 Å². The van der Waals surface area contributed by atoms with Crippen LogP contribution in [0, 0.1) is 0 Å². The fourth-order valence-electron chi connectivity index (χ4n) is 1.16. The van der Waals surface area contributed by atoms with E-state index in [-0.39, 0.29) is 39.0 Å². The van der Waals surface area contributed by atoms with Gasteiger partial charge in [0.1, 0.15) is 0 Å². The Hall–Kier alpha value is -1.37. The zero-order chi connectivity index (χ0) is 13.4. The van der Waals surface area contributed by atoms with Crippen LogP contribution < -0.4 is 0 Å². The van der Waals surface area contributed by atoms with Crippen molar-refractivity contribution in [2.24, 2.45) is 0 Å². The van der Waals surface area contributed by atoms with E-state index in [0.717, 1.165) is 0 Å². The van der Waals surface area contributed by atoms with Crippen LogP contribution in [0.25, 0.3) is 0 Å². The summed E-state index contributed by atoms with van der Waals surface area (Å²) >= 11 is 0. The molecule has 4 nitrogen and oxygen atoms in total. The minimum atomic E-state index is -0.879. The van der Waals surface area contributed by atoms with E-state index in [0.29, 0.717) is 11.1 Å². The molecule has 2 aromatic rings. The van der Waals surface area contributed by atoms with Gasteiger partial charge in [-0.1, -0.05) is 36.4 Å². The van der Waals surface area contributed by atoms with Gasteiger partial charge in [-0.25, -0.2) is 9.59 Å². The Bertz CT molecular complexity index is 466. The van der Waals surface area contributed by atoms with Gasteiger partial charge in [0.2, 0.25) is 0 Å². The molecular formula is C14H12O4Zn2. The van der Waals surface area contributed by atoms with E-state index < -0.39 is 11.9 Å². The van der Waals surface area contributed by atoms with Crippen LogP contribution in [0.4, 0.5) is 0 Å². The van der Waals surface area contributed by atoms with Crippen molar-refractivity contribution < 1.29 is 58.8 Å². The van der Waals surface area contributed by atoms with Crippen molar-refractivity contribution in [3.05, 3.63) is 71.8 Å². The number of hydrogen-bond acceptors (Lipinski definition) is 2. The third kappa shape index (κ3) is 7.93. The topological polar surface area (TPSA) is 74.6 Å². The Morgan fingerprint density at radius 3 is 1.00 bits per heavy atom. The standard InChI is InChI=1S/2C7H6O2.2Zn/c2*8-7(9)6-4-2-1-3-5-6;;/h2*1-5H,(H,8,9);;. The molecule has 0 atom stereocenters. The molecule has 0 unspecified atom stereocenters. The van der Waals surface area contributed by atoms with Crippen molar-refractivity contribution >= 4 is 11.9 Å². The maximum atomic E-state index is 10.2. The molecule has 96 valence electrons. The van der Waals surface area contributed by atoms with Gasteiger partial charge in [0.15, 0.2) is 0 Å². The Kier molecular flexibility index (Phi) is 12.0. The molecule has 0 aliphatic carbocycles. The first-order chi connectivity index (χ1) is 8.61. The summed E-state index contributed by atoms with van der Waals surface area (Å²) in [4.78, 5) is 20.4. The van der Waals surface area contributed by atoms with Crippen LogP contribution in [0.15, 0.2) is 60.7 Å². The van der Waals surface area contributed by atoms with E-state index in [1.54, 1.807) is 60.7 Å². The van der Waals surface area contributed by atoms with Gasteiger partial charge >= 0.3 is 11.9 Å². The van der Waals surface area contributed by atoms with Crippen LogP contribution in [-0.2, 0) is 39.0 Å². The predicted molar refractivity (Wildman–Crippen MR) is 66.8 cm³/mol. The maximum Gasteiger partial charge on any atom is 0.335 e.